The van der Waals surface area contributed by atoms with Gasteiger partial charge in [-0.05, 0) is 74.9 Å². The summed E-state index contributed by atoms with van der Waals surface area (Å²) in [5.41, 5.74) is 1.68. The Morgan fingerprint density at radius 2 is 1.88 bits per heavy atom. The highest BCUT2D eigenvalue weighted by Crippen LogP contribution is 2.20. The number of benzene rings is 2. The summed E-state index contributed by atoms with van der Waals surface area (Å²) >= 11 is 0. The van der Waals surface area contributed by atoms with Crippen LogP contribution in [-0.2, 0) is 26.0 Å². The standard InChI is InChI=1S/C25H32N2O5S/c1-3-4-9-20-12-14-22(15-13-20)26-33(30,31)23-11-7-10-21(17-23)25(29)32-18-24(28)27-16-6-5-8-19(27)2/h7,10-15,17,19,26H,3-6,8-9,16,18H2,1-2H3. The van der Waals surface area contributed by atoms with Crippen molar-refractivity contribution in [2.24, 2.45) is 0 Å². The van der Waals surface area contributed by atoms with Gasteiger partial charge in [0.2, 0.25) is 0 Å². The minimum absolute atomic E-state index is 0.0528. The van der Waals surface area contributed by atoms with Crippen LogP contribution in [0, 0.1) is 0 Å². The third-order valence-electron chi connectivity index (χ3n) is 5.86. The van der Waals surface area contributed by atoms with Crippen molar-refractivity contribution in [2.45, 2.75) is 63.3 Å². The van der Waals surface area contributed by atoms with Crippen LogP contribution in [0.25, 0.3) is 0 Å². The number of carbonyl (C=O) groups is 2. The third-order valence-corrected chi connectivity index (χ3v) is 7.23. The van der Waals surface area contributed by atoms with Crippen LogP contribution in [-0.4, -0.2) is 44.4 Å². The van der Waals surface area contributed by atoms with Crippen molar-refractivity contribution >= 4 is 27.6 Å². The average molecular weight is 473 g/mol. The maximum Gasteiger partial charge on any atom is 0.338 e. The minimum atomic E-state index is -3.89. The molecule has 0 saturated carbocycles. The summed E-state index contributed by atoms with van der Waals surface area (Å²) in [6.45, 7) is 4.41. The molecule has 1 unspecified atom stereocenters. The topological polar surface area (TPSA) is 92.8 Å². The first-order valence-electron chi connectivity index (χ1n) is 11.5. The van der Waals surface area contributed by atoms with E-state index in [0.717, 1.165) is 44.1 Å². The van der Waals surface area contributed by atoms with Gasteiger partial charge >= 0.3 is 5.97 Å². The third kappa shape index (κ3) is 6.81. The number of piperidine rings is 1. The molecular formula is C25H32N2O5S. The maximum absolute atomic E-state index is 12.8. The minimum Gasteiger partial charge on any atom is -0.452 e. The van der Waals surface area contributed by atoms with Gasteiger partial charge in [0, 0.05) is 18.3 Å². The fraction of sp³-hybridized carbons (Fsp3) is 0.440. The largest absolute Gasteiger partial charge is 0.452 e. The molecule has 1 fully saturated rings. The molecule has 7 nitrogen and oxygen atoms in total. The number of likely N-dealkylation sites (tertiary alicyclic amines) is 1. The van der Waals surface area contributed by atoms with Gasteiger partial charge in [0.05, 0.1) is 10.5 Å². The molecule has 0 bridgehead atoms. The molecule has 1 amide bonds. The summed E-state index contributed by atoms with van der Waals surface area (Å²) in [5, 5.41) is 0. The van der Waals surface area contributed by atoms with Gasteiger partial charge < -0.3 is 9.64 Å². The first-order valence-corrected chi connectivity index (χ1v) is 13.0. The highest BCUT2D eigenvalue weighted by atomic mass is 32.2. The predicted octanol–water partition coefficient (Wildman–Crippen LogP) is 4.39. The number of nitrogens with one attached hydrogen (secondary N) is 1. The van der Waals surface area contributed by atoms with Gasteiger partial charge in [0.25, 0.3) is 15.9 Å². The van der Waals surface area contributed by atoms with Crippen molar-refractivity contribution in [3.05, 3.63) is 59.7 Å². The van der Waals surface area contributed by atoms with Gasteiger partial charge in [-0.2, -0.15) is 0 Å². The zero-order chi connectivity index (χ0) is 23.8. The number of anilines is 1. The molecule has 1 N–H and O–H groups in total. The molecule has 0 aliphatic carbocycles. The number of aryl methyl sites for hydroxylation is 1. The Kier molecular flexibility index (Phi) is 8.49. The summed E-state index contributed by atoms with van der Waals surface area (Å²) in [4.78, 5) is 26.5. The van der Waals surface area contributed by atoms with E-state index in [9.17, 15) is 18.0 Å². The lowest BCUT2D eigenvalue weighted by atomic mass is 10.0. The first kappa shape index (κ1) is 24.8. The van der Waals surface area contributed by atoms with E-state index >= 15 is 0 Å². The molecular weight excluding hydrogens is 440 g/mol. The van der Waals surface area contributed by atoms with Crippen LogP contribution >= 0.6 is 0 Å². The number of rotatable bonds is 9. The molecule has 0 radical (unpaired) electrons. The van der Waals surface area contributed by atoms with Crippen molar-refractivity contribution in [2.75, 3.05) is 17.9 Å². The fourth-order valence-corrected chi connectivity index (χ4v) is 4.99. The van der Waals surface area contributed by atoms with E-state index in [2.05, 4.69) is 11.6 Å². The zero-order valence-corrected chi connectivity index (χ0v) is 20.1. The first-order chi connectivity index (χ1) is 15.8. The van der Waals surface area contributed by atoms with Crippen LogP contribution in [0.2, 0.25) is 0 Å². The summed E-state index contributed by atoms with van der Waals surface area (Å²) in [6.07, 6.45) is 6.09. The lowest BCUT2D eigenvalue weighted by Gasteiger charge is -2.33. The Labute approximate surface area is 196 Å². The number of esters is 1. The molecule has 3 rings (SSSR count). The van der Waals surface area contributed by atoms with E-state index in [1.165, 1.54) is 24.3 Å². The van der Waals surface area contributed by atoms with Crippen LogP contribution in [0.4, 0.5) is 5.69 Å². The molecule has 33 heavy (non-hydrogen) atoms. The van der Waals surface area contributed by atoms with Gasteiger partial charge in [0.15, 0.2) is 6.61 Å². The summed E-state index contributed by atoms with van der Waals surface area (Å²) in [7, 11) is -3.89. The van der Waals surface area contributed by atoms with Crippen molar-refractivity contribution in [1.29, 1.82) is 0 Å². The number of unbranched alkanes of at least 4 members (excludes halogenated alkanes) is 1. The van der Waals surface area contributed by atoms with Crippen molar-refractivity contribution in [3.63, 3.8) is 0 Å². The molecule has 1 heterocycles. The van der Waals surface area contributed by atoms with Crippen molar-refractivity contribution < 1.29 is 22.7 Å². The van der Waals surface area contributed by atoms with Gasteiger partial charge in [-0.15, -0.1) is 0 Å². The molecule has 0 spiro atoms. The fourth-order valence-electron chi connectivity index (χ4n) is 3.89. The zero-order valence-electron chi connectivity index (χ0n) is 19.2. The number of hydrogen-bond donors (Lipinski definition) is 1. The number of amides is 1. The van der Waals surface area contributed by atoms with Gasteiger partial charge in [-0.1, -0.05) is 31.5 Å². The lowest BCUT2D eigenvalue weighted by molar-refractivity contribution is -0.137. The summed E-state index contributed by atoms with van der Waals surface area (Å²) in [5.74, 6) is -0.964. The molecule has 1 aliphatic rings. The summed E-state index contributed by atoms with van der Waals surface area (Å²) < 4.78 is 33.4. The Hall–Kier alpha value is -2.87. The van der Waals surface area contributed by atoms with Crippen LogP contribution < -0.4 is 4.72 Å². The molecule has 1 saturated heterocycles. The maximum atomic E-state index is 12.8. The molecule has 1 aliphatic heterocycles. The molecule has 178 valence electrons. The Morgan fingerprint density at radius 3 is 2.58 bits per heavy atom. The highest BCUT2D eigenvalue weighted by Gasteiger charge is 2.24. The smallest absolute Gasteiger partial charge is 0.338 e. The Balaban J connectivity index is 1.62. The number of sulfonamides is 1. The normalized spacial score (nSPS) is 16.3. The molecule has 2 aromatic carbocycles. The highest BCUT2D eigenvalue weighted by molar-refractivity contribution is 7.92. The van der Waals surface area contributed by atoms with E-state index in [1.54, 1.807) is 17.0 Å². The molecule has 2 aromatic rings. The Morgan fingerprint density at radius 1 is 1.12 bits per heavy atom. The SMILES string of the molecule is CCCCc1ccc(NS(=O)(=O)c2cccc(C(=O)OCC(=O)N3CCCCC3C)c2)cc1. The van der Waals surface area contributed by atoms with E-state index < -0.39 is 16.0 Å². The van der Waals surface area contributed by atoms with Gasteiger partial charge in [0.1, 0.15) is 0 Å². The predicted molar refractivity (Wildman–Crippen MR) is 128 cm³/mol. The second-order valence-electron chi connectivity index (χ2n) is 8.44. The van der Waals surface area contributed by atoms with Crippen molar-refractivity contribution in [3.8, 4) is 0 Å². The van der Waals surface area contributed by atoms with Crippen LogP contribution in [0.1, 0.15) is 61.9 Å². The van der Waals surface area contributed by atoms with E-state index in [4.69, 9.17) is 4.74 Å². The van der Waals surface area contributed by atoms with Crippen LogP contribution in [0.3, 0.4) is 0 Å². The van der Waals surface area contributed by atoms with E-state index in [0.29, 0.717) is 12.2 Å². The monoisotopic (exact) mass is 472 g/mol. The van der Waals surface area contributed by atoms with Gasteiger partial charge in [-0.25, -0.2) is 13.2 Å². The average Bonchev–Trinajstić information content (AvgIpc) is 2.82. The van der Waals surface area contributed by atoms with Crippen LogP contribution in [0.5, 0.6) is 0 Å². The van der Waals surface area contributed by atoms with E-state index in [1.807, 2.05) is 19.1 Å². The molecule has 8 heteroatoms. The van der Waals surface area contributed by atoms with Gasteiger partial charge in [-0.3, -0.25) is 9.52 Å². The number of nitrogens with zero attached hydrogens (tertiary/aromatic N) is 1. The Bertz CT molecular complexity index is 1070. The number of carbonyl (C=O) groups excluding carboxylic acids is 2. The summed E-state index contributed by atoms with van der Waals surface area (Å²) in [6, 6.07) is 13.0. The number of hydrogen-bond acceptors (Lipinski definition) is 5. The second kappa shape index (κ2) is 11.3. The molecule has 0 aromatic heterocycles. The van der Waals surface area contributed by atoms with Crippen LogP contribution in [0.15, 0.2) is 53.4 Å². The quantitative estimate of drug-likeness (QED) is 0.547. The second-order valence-corrected chi connectivity index (χ2v) is 10.1. The van der Waals surface area contributed by atoms with Crippen molar-refractivity contribution in [1.82, 2.24) is 4.90 Å². The molecule has 1 atom stereocenters. The lowest BCUT2D eigenvalue weighted by Crippen LogP contribution is -2.44. The van der Waals surface area contributed by atoms with E-state index in [-0.39, 0.29) is 29.0 Å². The number of ether oxygens (including phenoxy) is 1.